The fourth-order valence-electron chi connectivity index (χ4n) is 5.11. The predicted octanol–water partition coefficient (Wildman–Crippen LogP) is 1.17. The molecule has 0 amide bonds. The number of fused-ring (bicyclic) bond motifs is 3. The molecule has 0 N–H and O–H groups in total. The van der Waals surface area contributed by atoms with Crippen LogP contribution in [0.25, 0.3) is 28.8 Å². The van der Waals surface area contributed by atoms with Gasteiger partial charge in [-0.05, 0) is 0 Å². The number of aromatic nitrogens is 1. The minimum absolute atomic E-state index is 0. The van der Waals surface area contributed by atoms with Crippen LogP contribution in [0.2, 0.25) is 0 Å². The molecule has 0 fully saturated rings. The molecule has 1 heterocycles. The molecule has 2 aliphatic rings. The van der Waals surface area contributed by atoms with Gasteiger partial charge in [0, 0.05) is 0 Å². The van der Waals surface area contributed by atoms with Crippen LogP contribution in [0.5, 0.6) is 0 Å². The molecule has 0 aliphatic heterocycles. The van der Waals surface area contributed by atoms with Gasteiger partial charge in [-0.2, -0.15) is 0 Å². The van der Waals surface area contributed by atoms with E-state index in [1.807, 2.05) is 0 Å². The summed E-state index contributed by atoms with van der Waals surface area (Å²) in [6.07, 6.45) is 7.27. The third kappa shape index (κ3) is 3.58. The Morgan fingerprint density at radius 2 is 1.41 bits per heavy atom. The Hall–Kier alpha value is -1.86. The van der Waals surface area contributed by atoms with Crippen molar-refractivity contribution in [2.45, 2.75) is 21.1 Å². The molecular formula is C28H23Cl2NZr. The number of hydrogen-bond acceptors (Lipinski definition) is 0. The number of rotatable bonds is 3. The van der Waals surface area contributed by atoms with Gasteiger partial charge >= 0.3 is 190 Å². The molecule has 0 radical (unpaired) electrons. The van der Waals surface area contributed by atoms with Gasteiger partial charge in [0.25, 0.3) is 0 Å². The van der Waals surface area contributed by atoms with Crippen LogP contribution in [0.15, 0.2) is 78.9 Å². The molecule has 2 unspecified atom stereocenters. The van der Waals surface area contributed by atoms with Crippen molar-refractivity contribution in [1.82, 2.24) is 4.57 Å². The third-order valence-electron chi connectivity index (χ3n) is 6.74. The number of nitrogens with zero attached hydrogens (tertiary/aromatic N) is 1. The van der Waals surface area contributed by atoms with E-state index in [2.05, 4.69) is 109 Å². The Labute approximate surface area is 213 Å². The minimum atomic E-state index is -0.850. The normalized spacial score (nSPS) is 17.8. The SMILES string of the molecule is Cc1c(C)n(C2=Cc3ccccc3[CH]2[Zr+2][CH]2C=Cc3ccccc32)c2ccccc12.[Cl-].[Cl-]. The van der Waals surface area contributed by atoms with Crippen molar-refractivity contribution in [3.8, 4) is 0 Å². The maximum absolute atomic E-state index is 2.56. The van der Waals surface area contributed by atoms with Gasteiger partial charge in [-0.3, -0.25) is 0 Å². The fraction of sp³-hybridized carbons (Fsp3) is 0.143. The zero-order valence-corrected chi connectivity index (χ0v) is 22.0. The first-order valence-corrected chi connectivity index (χ1v) is 13.5. The Bertz CT molecular complexity index is 1370. The maximum Gasteiger partial charge on any atom is -1.00 e. The average molecular weight is 536 g/mol. The van der Waals surface area contributed by atoms with Gasteiger partial charge in [0.15, 0.2) is 0 Å². The van der Waals surface area contributed by atoms with Crippen LogP contribution in [0.4, 0.5) is 0 Å². The molecular weight excluding hydrogens is 512 g/mol. The first-order valence-electron chi connectivity index (χ1n) is 10.6. The fourth-order valence-corrected chi connectivity index (χ4v) is 9.62. The Kier molecular flexibility index (Phi) is 6.69. The number of para-hydroxylation sites is 1. The van der Waals surface area contributed by atoms with Crippen molar-refractivity contribution >= 4 is 28.8 Å². The zero-order chi connectivity index (χ0) is 20.2. The molecule has 1 aromatic heterocycles. The second-order valence-electron chi connectivity index (χ2n) is 8.33. The van der Waals surface area contributed by atoms with Gasteiger partial charge in [-0.1, -0.05) is 0 Å². The summed E-state index contributed by atoms with van der Waals surface area (Å²) in [5, 5.41) is 1.38. The molecule has 6 rings (SSSR count). The van der Waals surface area contributed by atoms with Crippen LogP contribution in [-0.2, 0) is 23.2 Å². The molecule has 4 heteroatoms. The van der Waals surface area contributed by atoms with Crippen molar-refractivity contribution < 1.29 is 48.0 Å². The van der Waals surface area contributed by atoms with Gasteiger partial charge < -0.3 is 24.8 Å². The smallest absolute Gasteiger partial charge is 1.00 e. The van der Waals surface area contributed by atoms with Gasteiger partial charge in [0.05, 0.1) is 0 Å². The molecule has 0 bridgehead atoms. The summed E-state index contributed by atoms with van der Waals surface area (Å²) in [4.78, 5) is 0. The summed E-state index contributed by atoms with van der Waals surface area (Å²) in [5.74, 6) is 0. The van der Waals surface area contributed by atoms with Gasteiger partial charge in [0.1, 0.15) is 0 Å². The van der Waals surface area contributed by atoms with Crippen LogP contribution in [0.3, 0.4) is 0 Å². The second kappa shape index (κ2) is 9.18. The van der Waals surface area contributed by atoms with Crippen molar-refractivity contribution in [3.63, 3.8) is 0 Å². The average Bonchev–Trinajstić information content (AvgIpc) is 3.43. The van der Waals surface area contributed by atoms with Crippen molar-refractivity contribution in [2.24, 2.45) is 0 Å². The van der Waals surface area contributed by atoms with E-state index in [0.717, 1.165) is 0 Å². The minimum Gasteiger partial charge on any atom is -1.00 e. The number of allylic oxidation sites excluding steroid dienone is 2. The molecule has 2 atom stereocenters. The number of hydrogen-bond donors (Lipinski definition) is 0. The van der Waals surface area contributed by atoms with Crippen LogP contribution < -0.4 is 24.8 Å². The van der Waals surface area contributed by atoms with Gasteiger partial charge in [-0.15, -0.1) is 0 Å². The van der Waals surface area contributed by atoms with Crippen molar-refractivity contribution in [2.75, 3.05) is 0 Å². The van der Waals surface area contributed by atoms with Gasteiger partial charge in [0.2, 0.25) is 0 Å². The molecule has 0 spiro atoms. The van der Waals surface area contributed by atoms with Crippen LogP contribution in [0, 0.1) is 13.8 Å². The largest absolute Gasteiger partial charge is 1.00 e. The summed E-state index contributed by atoms with van der Waals surface area (Å²) in [5.41, 5.74) is 11.5. The molecule has 4 aromatic rings. The molecule has 158 valence electrons. The Morgan fingerprint density at radius 1 is 0.750 bits per heavy atom. The summed E-state index contributed by atoms with van der Waals surface area (Å²) in [6, 6.07) is 26.9. The first-order chi connectivity index (χ1) is 14.7. The van der Waals surface area contributed by atoms with E-state index in [4.69, 9.17) is 0 Å². The summed E-state index contributed by atoms with van der Waals surface area (Å²) >= 11 is -0.850. The van der Waals surface area contributed by atoms with Crippen molar-refractivity contribution in [1.29, 1.82) is 0 Å². The molecule has 32 heavy (non-hydrogen) atoms. The predicted molar refractivity (Wildman–Crippen MR) is 123 cm³/mol. The topological polar surface area (TPSA) is 4.93 Å². The number of halogens is 2. The summed E-state index contributed by atoms with van der Waals surface area (Å²) in [7, 11) is 0. The first kappa shape index (κ1) is 23.3. The molecule has 0 saturated heterocycles. The van der Waals surface area contributed by atoms with E-state index in [1.165, 1.54) is 50.1 Å². The van der Waals surface area contributed by atoms with E-state index in [-0.39, 0.29) is 24.8 Å². The van der Waals surface area contributed by atoms with E-state index in [0.29, 0.717) is 7.25 Å². The standard InChI is InChI=1S/C19H16N.C9H7.2ClH.Zr/c1-13-14(2)20(19-10-6-5-9-18(13)19)17-11-15-7-3-4-8-16(15)12-17;1-2-5-9-7-3-6-8(9)4-1;;;/h3-12H,1-2H3;1-7H;2*1H;/q;;;;+2/p-2. The maximum atomic E-state index is 2.56. The molecule has 2 aliphatic carbocycles. The molecule has 3 aromatic carbocycles. The third-order valence-corrected chi connectivity index (χ3v) is 11.2. The second-order valence-corrected chi connectivity index (χ2v) is 12.1. The molecule has 1 nitrogen and oxygen atoms in total. The van der Waals surface area contributed by atoms with Crippen molar-refractivity contribution in [3.05, 3.63) is 112 Å². The monoisotopic (exact) mass is 533 g/mol. The quantitative estimate of drug-likeness (QED) is 0.372. The van der Waals surface area contributed by atoms with Crippen LogP contribution in [-0.4, -0.2) is 4.57 Å². The number of aryl methyl sites for hydroxylation is 1. The van der Waals surface area contributed by atoms with Crippen LogP contribution in [0.1, 0.15) is 40.8 Å². The van der Waals surface area contributed by atoms with Gasteiger partial charge in [-0.25, -0.2) is 0 Å². The van der Waals surface area contributed by atoms with Crippen LogP contribution >= 0.6 is 0 Å². The molecule has 0 saturated carbocycles. The summed E-state index contributed by atoms with van der Waals surface area (Å²) in [6.45, 7) is 4.55. The summed E-state index contributed by atoms with van der Waals surface area (Å²) < 4.78 is 3.74. The van der Waals surface area contributed by atoms with E-state index in [9.17, 15) is 0 Å². The van der Waals surface area contributed by atoms with E-state index < -0.39 is 23.2 Å². The zero-order valence-electron chi connectivity index (χ0n) is 18.0. The number of benzene rings is 3. The Morgan fingerprint density at radius 3 is 2.22 bits per heavy atom. The Balaban J connectivity index is 0.00000122. The van der Waals surface area contributed by atoms with E-state index >= 15 is 0 Å². The van der Waals surface area contributed by atoms with E-state index in [1.54, 1.807) is 0 Å².